The molecule has 0 fully saturated rings. The summed E-state index contributed by atoms with van der Waals surface area (Å²) in [6.07, 6.45) is 2.82. The molecule has 2 aromatic carbocycles. The van der Waals surface area contributed by atoms with E-state index in [-0.39, 0.29) is 11.4 Å². The van der Waals surface area contributed by atoms with Gasteiger partial charge in [-0.25, -0.2) is 14.1 Å². The summed E-state index contributed by atoms with van der Waals surface area (Å²) in [5, 5.41) is 9.33. The van der Waals surface area contributed by atoms with Crippen molar-refractivity contribution in [1.29, 1.82) is 0 Å². The standard InChI is InChI=1S/C19H13ClFN5O/c1-12-16(18(20)26(24-12)14-8-6-13(21)7-9-14)10-23-25-11-22-17-5-3-2-4-15(17)19(25)27/h2-11H,1H3/b23-10+. The van der Waals surface area contributed by atoms with E-state index in [1.165, 1.54) is 29.4 Å². The highest BCUT2D eigenvalue weighted by Crippen LogP contribution is 2.22. The molecule has 4 rings (SSSR count). The zero-order valence-electron chi connectivity index (χ0n) is 14.2. The number of aromatic nitrogens is 4. The summed E-state index contributed by atoms with van der Waals surface area (Å²) < 4.78 is 15.8. The molecule has 0 saturated carbocycles. The molecule has 2 heterocycles. The Morgan fingerprint density at radius 3 is 2.67 bits per heavy atom. The average Bonchev–Trinajstić information content (AvgIpc) is 2.96. The molecule has 6 nitrogen and oxygen atoms in total. The van der Waals surface area contributed by atoms with Crippen LogP contribution in [-0.2, 0) is 0 Å². The van der Waals surface area contributed by atoms with Gasteiger partial charge in [-0.3, -0.25) is 4.79 Å². The highest BCUT2D eigenvalue weighted by Gasteiger charge is 2.13. The van der Waals surface area contributed by atoms with Crippen LogP contribution in [0.3, 0.4) is 0 Å². The zero-order chi connectivity index (χ0) is 19.0. The number of hydrogen-bond donors (Lipinski definition) is 0. The first-order valence-corrected chi connectivity index (χ1v) is 8.44. The van der Waals surface area contributed by atoms with Gasteiger partial charge in [0.2, 0.25) is 0 Å². The van der Waals surface area contributed by atoms with Gasteiger partial charge < -0.3 is 0 Å². The lowest BCUT2D eigenvalue weighted by Gasteiger charge is -2.02. The molecule has 0 atom stereocenters. The van der Waals surface area contributed by atoms with E-state index in [1.807, 2.05) is 6.07 Å². The molecule has 27 heavy (non-hydrogen) atoms. The Bertz CT molecular complexity index is 1230. The minimum Gasteiger partial charge on any atom is -0.267 e. The normalized spacial score (nSPS) is 11.5. The molecule has 134 valence electrons. The van der Waals surface area contributed by atoms with Gasteiger partial charge in [0.05, 0.1) is 34.1 Å². The predicted molar refractivity (Wildman–Crippen MR) is 102 cm³/mol. The molecule has 0 aliphatic carbocycles. The van der Waals surface area contributed by atoms with Crippen LogP contribution in [0.4, 0.5) is 4.39 Å². The molecule has 0 aliphatic rings. The minimum atomic E-state index is -0.344. The molecule has 0 saturated heterocycles. The van der Waals surface area contributed by atoms with Gasteiger partial charge in [0.25, 0.3) is 5.56 Å². The van der Waals surface area contributed by atoms with Crippen LogP contribution in [-0.4, -0.2) is 25.7 Å². The monoisotopic (exact) mass is 381 g/mol. The number of nitrogens with zero attached hydrogens (tertiary/aromatic N) is 5. The third kappa shape index (κ3) is 3.13. The Morgan fingerprint density at radius 2 is 1.89 bits per heavy atom. The molecule has 0 radical (unpaired) electrons. The quantitative estimate of drug-likeness (QED) is 0.510. The molecule has 0 aliphatic heterocycles. The van der Waals surface area contributed by atoms with Gasteiger partial charge in [-0.05, 0) is 43.3 Å². The summed E-state index contributed by atoms with van der Waals surface area (Å²) in [4.78, 5) is 16.7. The van der Waals surface area contributed by atoms with Crippen molar-refractivity contribution in [3.8, 4) is 5.69 Å². The molecule has 0 unspecified atom stereocenters. The molecule has 2 aromatic heterocycles. The minimum absolute atomic E-state index is 0.281. The van der Waals surface area contributed by atoms with E-state index in [0.29, 0.717) is 33.0 Å². The van der Waals surface area contributed by atoms with Crippen molar-refractivity contribution < 1.29 is 4.39 Å². The maximum absolute atomic E-state index is 13.1. The van der Waals surface area contributed by atoms with Gasteiger partial charge >= 0.3 is 0 Å². The summed E-state index contributed by atoms with van der Waals surface area (Å²) in [5.41, 5.74) is 2.12. The van der Waals surface area contributed by atoms with E-state index < -0.39 is 0 Å². The second kappa shape index (κ2) is 6.77. The van der Waals surface area contributed by atoms with Crippen LogP contribution < -0.4 is 5.56 Å². The van der Waals surface area contributed by atoms with Crippen molar-refractivity contribution in [1.82, 2.24) is 19.4 Å². The van der Waals surface area contributed by atoms with Gasteiger partial charge in [-0.1, -0.05) is 23.7 Å². The lowest BCUT2D eigenvalue weighted by atomic mass is 10.2. The average molecular weight is 382 g/mol. The number of para-hydroxylation sites is 1. The van der Waals surface area contributed by atoms with Gasteiger partial charge in [-0.2, -0.15) is 14.9 Å². The van der Waals surface area contributed by atoms with Gasteiger partial charge in [0.1, 0.15) is 17.3 Å². The Kier molecular flexibility index (Phi) is 4.29. The third-order valence-corrected chi connectivity index (χ3v) is 4.44. The Labute approximate surface area is 158 Å². The Balaban J connectivity index is 1.74. The fraction of sp³-hybridized carbons (Fsp3) is 0.0526. The summed E-state index contributed by atoms with van der Waals surface area (Å²) in [6.45, 7) is 1.77. The molecule has 0 bridgehead atoms. The predicted octanol–water partition coefficient (Wildman–Crippen LogP) is 3.57. The molecule has 0 amide bonds. The summed E-state index contributed by atoms with van der Waals surface area (Å²) in [5.74, 6) is -0.344. The van der Waals surface area contributed by atoms with E-state index >= 15 is 0 Å². The van der Waals surface area contributed by atoms with Crippen molar-refractivity contribution in [2.75, 3.05) is 0 Å². The topological polar surface area (TPSA) is 65.1 Å². The van der Waals surface area contributed by atoms with E-state index in [1.54, 1.807) is 37.3 Å². The molecule has 4 aromatic rings. The maximum Gasteiger partial charge on any atom is 0.281 e. The van der Waals surface area contributed by atoms with Crippen molar-refractivity contribution in [2.45, 2.75) is 6.92 Å². The first kappa shape index (κ1) is 17.1. The van der Waals surface area contributed by atoms with Crippen LogP contribution in [0.2, 0.25) is 5.15 Å². The SMILES string of the molecule is Cc1nn(-c2ccc(F)cc2)c(Cl)c1/C=N/n1cnc2ccccc2c1=O. The highest BCUT2D eigenvalue weighted by molar-refractivity contribution is 6.32. The van der Waals surface area contributed by atoms with E-state index in [0.717, 1.165) is 4.68 Å². The summed E-state index contributed by atoms with van der Waals surface area (Å²) >= 11 is 6.42. The molecular weight excluding hydrogens is 369 g/mol. The number of hydrogen-bond acceptors (Lipinski definition) is 4. The number of halogens is 2. The Hall–Kier alpha value is -3.32. The second-order valence-corrected chi connectivity index (χ2v) is 6.19. The largest absolute Gasteiger partial charge is 0.281 e. The third-order valence-electron chi connectivity index (χ3n) is 4.08. The fourth-order valence-corrected chi connectivity index (χ4v) is 2.99. The first-order valence-electron chi connectivity index (χ1n) is 8.06. The molecule has 0 N–H and O–H groups in total. The van der Waals surface area contributed by atoms with Gasteiger partial charge in [0.15, 0.2) is 0 Å². The summed E-state index contributed by atoms with van der Waals surface area (Å²) in [6, 6.07) is 12.9. The van der Waals surface area contributed by atoms with E-state index in [4.69, 9.17) is 11.6 Å². The van der Waals surface area contributed by atoms with E-state index in [2.05, 4.69) is 15.2 Å². The Morgan fingerprint density at radius 1 is 1.15 bits per heavy atom. The number of rotatable bonds is 3. The first-order chi connectivity index (χ1) is 13.0. The fourth-order valence-electron chi connectivity index (χ4n) is 2.67. The van der Waals surface area contributed by atoms with Crippen LogP contribution in [0.25, 0.3) is 16.6 Å². The van der Waals surface area contributed by atoms with Crippen molar-refractivity contribution in [3.63, 3.8) is 0 Å². The van der Waals surface area contributed by atoms with Crippen molar-refractivity contribution in [3.05, 3.63) is 87.4 Å². The van der Waals surface area contributed by atoms with Crippen LogP contribution in [0.15, 0.2) is 64.8 Å². The van der Waals surface area contributed by atoms with Crippen LogP contribution >= 0.6 is 11.6 Å². The summed E-state index contributed by atoms with van der Waals surface area (Å²) in [7, 11) is 0. The van der Waals surface area contributed by atoms with Crippen LogP contribution in [0.5, 0.6) is 0 Å². The van der Waals surface area contributed by atoms with E-state index in [9.17, 15) is 9.18 Å². The molecular formula is C19H13ClFN5O. The molecule has 0 spiro atoms. The number of aryl methyl sites for hydroxylation is 1. The number of fused-ring (bicyclic) bond motifs is 1. The molecule has 8 heteroatoms. The van der Waals surface area contributed by atoms with Crippen LogP contribution in [0.1, 0.15) is 11.3 Å². The number of benzene rings is 2. The van der Waals surface area contributed by atoms with Crippen LogP contribution in [0, 0.1) is 12.7 Å². The second-order valence-electron chi connectivity index (χ2n) is 5.83. The van der Waals surface area contributed by atoms with Gasteiger partial charge in [-0.15, -0.1) is 0 Å². The maximum atomic E-state index is 13.1. The lowest BCUT2D eigenvalue weighted by Crippen LogP contribution is -2.17. The highest BCUT2D eigenvalue weighted by atomic mass is 35.5. The smallest absolute Gasteiger partial charge is 0.267 e. The van der Waals surface area contributed by atoms with Gasteiger partial charge in [0, 0.05) is 0 Å². The van der Waals surface area contributed by atoms with Crippen molar-refractivity contribution >= 4 is 28.7 Å². The lowest BCUT2D eigenvalue weighted by molar-refractivity contribution is 0.627. The zero-order valence-corrected chi connectivity index (χ0v) is 14.9. The van der Waals surface area contributed by atoms with Crippen molar-refractivity contribution in [2.24, 2.45) is 5.10 Å².